The molecule has 0 N–H and O–H groups in total. The van der Waals surface area contributed by atoms with Crippen molar-refractivity contribution < 1.29 is 28.2 Å². The molecule has 0 spiro atoms. The van der Waals surface area contributed by atoms with Crippen LogP contribution in [0.3, 0.4) is 0 Å². The topological polar surface area (TPSA) is 65.1 Å². The summed E-state index contributed by atoms with van der Waals surface area (Å²) in [6.07, 6.45) is -0.544. The molecule has 1 aliphatic heterocycles. The second-order valence-electron chi connectivity index (χ2n) is 11.6. The summed E-state index contributed by atoms with van der Waals surface area (Å²) in [7, 11) is 1.23. The quantitative estimate of drug-likeness (QED) is 0.220. The first-order valence-electron chi connectivity index (χ1n) is 14.2. The summed E-state index contributed by atoms with van der Waals surface area (Å²) >= 11 is 0. The van der Waals surface area contributed by atoms with Crippen molar-refractivity contribution in [3.8, 4) is 5.75 Å². The highest BCUT2D eigenvalue weighted by molar-refractivity contribution is 5.90. The Morgan fingerprint density at radius 1 is 0.952 bits per heavy atom. The highest BCUT2D eigenvalue weighted by Gasteiger charge is 2.36. The molecular weight excluding hydrogens is 533 g/mol. The lowest BCUT2D eigenvalue weighted by molar-refractivity contribution is 0.00565. The molecule has 4 aromatic rings. The lowest BCUT2D eigenvalue weighted by Crippen LogP contribution is -2.45. The summed E-state index contributed by atoms with van der Waals surface area (Å²) in [5.74, 6) is -1.13. The van der Waals surface area contributed by atoms with Gasteiger partial charge in [0.1, 0.15) is 23.3 Å². The number of benzene rings is 4. The van der Waals surface area contributed by atoms with Crippen LogP contribution < -0.4 is 4.74 Å². The van der Waals surface area contributed by atoms with E-state index >= 15 is 4.39 Å². The molecule has 0 aromatic heterocycles. The lowest BCUT2D eigenvalue weighted by Gasteiger charge is -2.38. The molecule has 218 valence electrons. The fourth-order valence-electron chi connectivity index (χ4n) is 5.70. The zero-order valence-electron chi connectivity index (χ0n) is 24.6. The third-order valence-corrected chi connectivity index (χ3v) is 7.67. The van der Waals surface area contributed by atoms with Crippen LogP contribution in [-0.2, 0) is 9.47 Å². The third kappa shape index (κ3) is 5.96. The van der Waals surface area contributed by atoms with E-state index in [0.29, 0.717) is 17.7 Å². The van der Waals surface area contributed by atoms with Crippen LogP contribution in [0.2, 0.25) is 0 Å². The Labute approximate surface area is 246 Å². The van der Waals surface area contributed by atoms with Gasteiger partial charge in [-0.1, -0.05) is 72.8 Å². The zero-order valence-corrected chi connectivity index (χ0v) is 24.6. The number of carbonyl (C=O) groups excluding carboxylic acids is 2. The van der Waals surface area contributed by atoms with Crippen LogP contribution in [0.1, 0.15) is 73.1 Å². The number of ether oxygens (including phenoxy) is 3. The van der Waals surface area contributed by atoms with Gasteiger partial charge in [0.05, 0.1) is 25.3 Å². The molecule has 1 amide bonds. The van der Waals surface area contributed by atoms with Crippen LogP contribution in [0.25, 0.3) is 10.8 Å². The maximum absolute atomic E-state index is 15.8. The maximum Gasteiger partial charge on any atom is 0.410 e. The molecule has 7 heteroatoms. The molecule has 1 unspecified atom stereocenters. The molecule has 1 heterocycles. The van der Waals surface area contributed by atoms with E-state index in [1.807, 2.05) is 88.4 Å². The van der Waals surface area contributed by atoms with E-state index in [0.717, 1.165) is 21.9 Å². The molecule has 3 atom stereocenters. The van der Waals surface area contributed by atoms with Crippen molar-refractivity contribution in [2.45, 2.75) is 57.8 Å². The van der Waals surface area contributed by atoms with Gasteiger partial charge in [-0.05, 0) is 68.1 Å². The Morgan fingerprint density at radius 2 is 1.62 bits per heavy atom. The summed E-state index contributed by atoms with van der Waals surface area (Å²) < 4.78 is 32.9. The number of carbonyl (C=O) groups is 2. The summed E-state index contributed by atoms with van der Waals surface area (Å²) in [6, 6.07) is 26.1. The largest absolute Gasteiger partial charge is 0.488 e. The molecule has 5 rings (SSSR count). The minimum Gasteiger partial charge on any atom is -0.488 e. The van der Waals surface area contributed by atoms with Crippen molar-refractivity contribution in [2.24, 2.45) is 0 Å². The normalized spacial score (nSPS) is 17.1. The van der Waals surface area contributed by atoms with Gasteiger partial charge in [0, 0.05) is 11.5 Å². The Morgan fingerprint density at radius 3 is 2.38 bits per heavy atom. The standard InChI is InChI=1S/C35H36FNO5/c1-22(25-16-10-13-23-12-6-7-14-26(23)25)37(34(39)42-35(2,3)4)21-24-20-30(27-15-8-9-19-31(27)41-24)28-17-11-18-29(32(28)36)33(38)40-5/h6-19,22,24,30H,20-21H2,1-5H3/t22-,24-,30?/m1/s1. The Kier molecular flexibility index (Phi) is 8.21. The van der Waals surface area contributed by atoms with Gasteiger partial charge in [-0.2, -0.15) is 0 Å². The molecule has 0 radical (unpaired) electrons. The van der Waals surface area contributed by atoms with Crippen LogP contribution in [0, 0.1) is 5.82 Å². The van der Waals surface area contributed by atoms with Gasteiger partial charge < -0.3 is 14.2 Å². The van der Waals surface area contributed by atoms with Gasteiger partial charge in [-0.25, -0.2) is 14.0 Å². The molecule has 0 fully saturated rings. The molecule has 6 nitrogen and oxygen atoms in total. The van der Waals surface area contributed by atoms with Gasteiger partial charge in [-0.15, -0.1) is 0 Å². The van der Waals surface area contributed by atoms with E-state index in [1.165, 1.54) is 13.2 Å². The lowest BCUT2D eigenvalue weighted by atomic mass is 9.83. The second kappa shape index (κ2) is 11.8. The van der Waals surface area contributed by atoms with Gasteiger partial charge in [-0.3, -0.25) is 4.90 Å². The van der Waals surface area contributed by atoms with Gasteiger partial charge in [0.25, 0.3) is 0 Å². The van der Waals surface area contributed by atoms with Crippen LogP contribution in [0.4, 0.5) is 9.18 Å². The van der Waals surface area contributed by atoms with Crippen LogP contribution in [0.5, 0.6) is 5.75 Å². The van der Waals surface area contributed by atoms with Crippen LogP contribution >= 0.6 is 0 Å². The first-order chi connectivity index (χ1) is 20.1. The summed E-state index contributed by atoms with van der Waals surface area (Å²) in [5.41, 5.74) is 1.37. The van der Waals surface area contributed by atoms with Gasteiger partial charge in [0.2, 0.25) is 0 Å². The number of para-hydroxylation sites is 1. The number of fused-ring (bicyclic) bond motifs is 2. The monoisotopic (exact) mass is 569 g/mol. The van der Waals surface area contributed by atoms with Crippen molar-refractivity contribution in [3.05, 3.63) is 113 Å². The van der Waals surface area contributed by atoms with Crippen molar-refractivity contribution in [2.75, 3.05) is 13.7 Å². The molecule has 0 bridgehead atoms. The fourth-order valence-corrected chi connectivity index (χ4v) is 5.70. The van der Waals surface area contributed by atoms with Crippen LogP contribution in [-0.4, -0.2) is 42.3 Å². The SMILES string of the molecule is COC(=O)c1cccc(C2C[C@H](CN(C(=O)OC(C)(C)C)[C@H](C)c3cccc4ccccc34)Oc3ccccc32)c1F. The predicted molar refractivity (Wildman–Crippen MR) is 160 cm³/mol. The van der Waals surface area contributed by atoms with Gasteiger partial charge in [0.15, 0.2) is 0 Å². The summed E-state index contributed by atoms with van der Waals surface area (Å²) in [5, 5.41) is 2.13. The molecular formula is C35H36FNO5. The fraction of sp³-hybridized carbons (Fsp3) is 0.314. The minimum atomic E-state index is -0.730. The number of methoxy groups -OCH3 is 1. The molecule has 42 heavy (non-hydrogen) atoms. The number of esters is 1. The molecule has 1 aliphatic rings. The summed E-state index contributed by atoms with van der Waals surface area (Å²) in [4.78, 5) is 27.7. The van der Waals surface area contributed by atoms with E-state index < -0.39 is 35.5 Å². The highest BCUT2D eigenvalue weighted by Crippen LogP contribution is 2.42. The number of hydrogen-bond donors (Lipinski definition) is 0. The highest BCUT2D eigenvalue weighted by atomic mass is 19.1. The van der Waals surface area contributed by atoms with E-state index in [2.05, 4.69) is 6.07 Å². The first kappa shape index (κ1) is 29.1. The number of nitrogens with zero attached hydrogens (tertiary/aromatic N) is 1. The van der Waals surface area contributed by atoms with Crippen molar-refractivity contribution >= 4 is 22.8 Å². The van der Waals surface area contributed by atoms with E-state index in [4.69, 9.17) is 14.2 Å². The Bertz CT molecular complexity index is 1610. The Balaban J connectivity index is 1.53. The average Bonchev–Trinajstić information content (AvgIpc) is 2.97. The van der Waals surface area contributed by atoms with Gasteiger partial charge >= 0.3 is 12.1 Å². The van der Waals surface area contributed by atoms with E-state index in [1.54, 1.807) is 17.0 Å². The minimum absolute atomic E-state index is 0.115. The van der Waals surface area contributed by atoms with Crippen molar-refractivity contribution in [1.29, 1.82) is 0 Å². The average molecular weight is 570 g/mol. The predicted octanol–water partition coefficient (Wildman–Crippen LogP) is 8.05. The smallest absolute Gasteiger partial charge is 0.410 e. The van der Waals surface area contributed by atoms with Crippen molar-refractivity contribution in [3.63, 3.8) is 0 Å². The zero-order chi connectivity index (χ0) is 30.0. The molecule has 0 aliphatic carbocycles. The van der Waals surface area contributed by atoms with E-state index in [9.17, 15) is 9.59 Å². The molecule has 4 aromatic carbocycles. The third-order valence-electron chi connectivity index (χ3n) is 7.67. The first-order valence-corrected chi connectivity index (χ1v) is 14.2. The number of halogens is 1. The number of hydrogen-bond acceptors (Lipinski definition) is 5. The summed E-state index contributed by atoms with van der Waals surface area (Å²) in [6.45, 7) is 7.71. The van der Waals surface area contributed by atoms with Crippen LogP contribution in [0.15, 0.2) is 84.9 Å². The Hall–Kier alpha value is -4.39. The maximum atomic E-state index is 15.8. The molecule has 0 saturated carbocycles. The number of rotatable bonds is 6. The van der Waals surface area contributed by atoms with Crippen molar-refractivity contribution in [1.82, 2.24) is 4.90 Å². The molecule has 0 saturated heterocycles. The second-order valence-corrected chi connectivity index (χ2v) is 11.6. The van der Waals surface area contributed by atoms with E-state index in [-0.39, 0.29) is 18.2 Å². The number of amides is 1.